The molecule has 2 nitrogen and oxygen atoms in total. The largest absolute Gasteiger partial charge is 0.328 e. The van der Waals surface area contributed by atoms with Crippen molar-refractivity contribution in [2.45, 2.75) is 63.5 Å². The molecule has 3 unspecified atom stereocenters. The fourth-order valence-electron chi connectivity index (χ4n) is 3.39. The molecular formula is C13H26N2. The number of nitrogens with two attached hydrogens (primary N) is 1. The molecular weight excluding hydrogens is 184 g/mol. The van der Waals surface area contributed by atoms with E-state index in [9.17, 15) is 0 Å². The first-order chi connectivity index (χ1) is 7.27. The summed E-state index contributed by atoms with van der Waals surface area (Å²) >= 11 is 0. The normalized spacial score (nSPS) is 40.0. The van der Waals surface area contributed by atoms with Crippen LogP contribution in [0.1, 0.15) is 51.4 Å². The molecule has 2 fully saturated rings. The number of likely N-dealkylation sites (tertiary alicyclic amines) is 1. The minimum absolute atomic E-state index is 0.455. The first-order valence-corrected chi connectivity index (χ1v) is 6.73. The Morgan fingerprint density at radius 1 is 0.933 bits per heavy atom. The highest BCUT2D eigenvalue weighted by Crippen LogP contribution is 2.32. The summed E-state index contributed by atoms with van der Waals surface area (Å²) in [6.45, 7) is 1.21. The lowest BCUT2D eigenvalue weighted by atomic mass is 9.86. The highest BCUT2D eigenvalue weighted by atomic mass is 15.1. The average Bonchev–Trinajstić information content (AvgIpc) is 2.46. The number of fused-ring (bicyclic) bond motifs is 1. The average molecular weight is 210 g/mol. The first-order valence-electron chi connectivity index (χ1n) is 6.73. The van der Waals surface area contributed by atoms with E-state index in [-0.39, 0.29) is 0 Å². The van der Waals surface area contributed by atoms with E-state index in [1.165, 1.54) is 57.9 Å². The third-order valence-electron chi connectivity index (χ3n) is 4.45. The van der Waals surface area contributed by atoms with Crippen molar-refractivity contribution in [2.75, 3.05) is 13.6 Å². The second kappa shape index (κ2) is 5.31. The maximum atomic E-state index is 6.10. The van der Waals surface area contributed by atoms with E-state index < -0.39 is 0 Å². The van der Waals surface area contributed by atoms with Gasteiger partial charge in [0.2, 0.25) is 0 Å². The van der Waals surface area contributed by atoms with Crippen LogP contribution in [0.25, 0.3) is 0 Å². The van der Waals surface area contributed by atoms with Crippen molar-refractivity contribution < 1.29 is 0 Å². The van der Waals surface area contributed by atoms with Crippen molar-refractivity contribution in [3.63, 3.8) is 0 Å². The Balaban J connectivity index is 2.01. The Bertz CT molecular complexity index is 193. The smallest absolute Gasteiger partial charge is 0.0120 e. The molecule has 0 bridgehead atoms. The van der Waals surface area contributed by atoms with Crippen molar-refractivity contribution in [1.82, 2.24) is 4.90 Å². The summed E-state index contributed by atoms with van der Waals surface area (Å²) in [6, 6.07) is 1.32. The lowest BCUT2D eigenvalue weighted by Crippen LogP contribution is -2.42. The molecule has 0 spiro atoms. The summed E-state index contributed by atoms with van der Waals surface area (Å²) in [6.07, 6.45) is 11.0. The van der Waals surface area contributed by atoms with Crippen LogP contribution >= 0.6 is 0 Å². The van der Waals surface area contributed by atoms with Gasteiger partial charge in [0.15, 0.2) is 0 Å². The molecule has 2 heteroatoms. The van der Waals surface area contributed by atoms with Crippen LogP contribution < -0.4 is 5.73 Å². The number of hydrogen-bond donors (Lipinski definition) is 1. The summed E-state index contributed by atoms with van der Waals surface area (Å²) in [5.74, 6) is 0.934. The van der Waals surface area contributed by atoms with Crippen LogP contribution in [0.5, 0.6) is 0 Å². The molecule has 1 saturated carbocycles. The lowest BCUT2D eigenvalue weighted by molar-refractivity contribution is 0.134. The van der Waals surface area contributed by atoms with Crippen LogP contribution in [0.4, 0.5) is 0 Å². The van der Waals surface area contributed by atoms with Gasteiger partial charge in [-0.2, -0.15) is 0 Å². The van der Waals surface area contributed by atoms with E-state index in [2.05, 4.69) is 11.9 Å². The third-order valence-corrected chi connectivity index (χ3v) is 4.45. The van der Waals surface area contributed by atoms with Crippen LogP contribution in [0.2, 0.25) is 0 Å². The lowest BCUT2D eigenvalue weighted by Gasteiger charge is -2.37. The second-order valence-electron chi connectivity index (χ2n) is 5.57. The molecule has 1 heterocycles. The number of nitrogens with zero attached hydrogens (tertiary/aromatic N) is 1. The zero-order valence-electron chi connectivity index (χ0n) is 10.1. The van der Waals surface area contributed by atoms with Gasteiger partial charge in [-0.1, -0.05) is 19.3 Å². The standard InChI is InChI=1S/C13H26N2/c1-15-10-9-12(14)8-7-11-5-3-2-4-6-13(11)15/h11-13H,2-10,14H2,1H3. The van der Waals surface area contributed by atoms with Gasteiger partial charge in [-0.05, 0) is 51.6 Å². The molecule has 1 aliphatic carbocycles. The van der Waals surface area contributed by atoms with Crippen molar-refractivity contribution >= 4 is 0 Å². The molecule has 3 atom stereocenters. The van der Waals surface area contributed by atoms with E-state index in [4.69, 9.17) is 5.73 Å². The molecule has 0 aromatic heterocycles. The van der Waals surface area contributed by atoms with Gasteiger partial charge >= 0.3 is 0 Å². The predicted molar refractivity (Wildman–Crippen MR) is 64.8 cm³/mol. The third kappa shape index (κ3) is 2.94. The van der Waals surface area contributed by atoms with Gasteiger partial charge in [-0.25, -0.2) is 0 Å². The Morgan fingerprint density at radius 2 is 1.73 bits per heavy atom. The van der Waals surface area contributed by atoms with Gasteiger partial charge in [0.1, 0.15) is 0 Å². The minimum atomic E-state index is 0.455. The molecule has 0 amide bonds. The molecule has 0 aromatic carbocycles. The summed E-state index contributed by atoms with van der Waals surface area (Å²) in [5, 5.41) is 0. The van der Waals surface area contributed by atoms with Crippen LogP contribution in [0.15, 0.2) is 0 Å². The summed E-state index contributed by atoms with van der Waals surface area (Å²) < 4.78 is 0. The van der Waals surface area contributed by atoms with Gasteiger partial charge in [0.25, 0.3) is 0 Å². The molecule has 2 rings (SSSR count). The molecule has 15 heavy (non-hydrogen) atoms. The van der Waals surface area contributed by atoms with Crippen LogP contribution in [0, 0.1) is 5.92 Å². The highest BCUT2D eigenvalue weighted by Gasteiger charge is 2.28. The molecule has 2 aliphatic rings. The summed E-state index contributed by atoms with van der Waals surface area (Å²) in [5.41, 5.74) is 6.10. The maximum Gasteiger partial charge on any atom is 0.0120 e. The Labute approximate surface area is 94.2 Å². The second-order valence-corrected chi connectivity index (χ2v) is 5.57. The van der Waals surface area contributed by atoms with Crippen molar-refractivity contribution in [1.29, 1.82) is 0 Å². The topological polar surface area (TPSA) is 29.3 Å². The van der Waals surface area contributed by atoms with Gasteiger partial charge in [-0.15, -0.1) is 0 Å². The fraction of sp³-hybridized carbons (Fsp3) is 1.00. The minimum Gasteiger partial charge on any atom is -0.328 e. The van der Waals surface area contributed by atoms with Crippen LogP contribution in [-0.4, -0.2) is 30.6 Å². The van der Waals surface area contributed by atoms with Crippen molar-refractivity contribution in [3.8, 4) is 0 Å². The highest BCUT2D eigenvalue weighted by molar-refractivity contribution is 4.84. The fourth-order valence-corrected chi connectivity index (χ4v) is 3.39. The molecule has 0 aromatic rings. The summed E-state index contributed by atoms with van der Waals surface area (Å²) in [4.78, 5) is 2.59. The van der Waals surface area contributed by atoms with Gasteiger partial charge in [-0.3, -0.25) is 0 Å². The first kappa shape index (κ1) is 11.4. The molecule has 1 aliphatic heterocycles. The Morgan fingerprint density at radius 3 is 2.60 bits per heavy atom. The summed E-state index contributed by atoms with van der Waals surface area (Å²) in [7, 11) is 2.31. The Kier molecular flexibility index (Phi) is 4.04. The van der Waals surface area contributed by atoms with E-state index in [1.807, 2.05) is 0 Å². The zero-order chi connectivity index (χ0) is 10.7. The van der Waals surface area contributed by atoms with Crippen LogP contribution in [-0.2, 0) is 0 Å². The van der Waals surface area contributed by atoms with E-state index in [1.54, 1.807) is 0 Å². The SMILES string of the molecule is CN1CCC(N)CCC2CCCCCC21. The van der Waals surface area contributed by atoms with Gasteiger partial charge in [0.05, 0.1) is 0 Å². The molecule has 0 radical (unpaired) electrons. The predicted octanol–water partition coefficient (Wildman–Crippen LogP) is 2.38. The van der Waals surface area contributed by atoms with Crippen LogP contribution in [0.3, 0.4) is 0 Å². The van der Waals surface area contributed by atoms with E-state index in [0.29, 0.717) is 6.04 Å². The quantitative estimate of drug-likeness (QED) is 0.665. The monoisotopic (exact) mass is 210 g/mol. The molecule has 88 valence electrons. The molecule has 1 saturated heterocycles. The van der Waals surface area contributed by atoms with Gasteiger partial charge in [0, 0.05) is 12.1 Å². The van der Waals surface area contributed by atoms with Crippen molar-refractivity contribution in [2.24, 2.45) is 11.7 Å². The van der Waals surface area contributed by atoms with Crippen molar-refractivity contribution in [3.05, 3.63) is 0 Å². The van der Waals surface area contributed by atoms with E-state index >= 15 is 0 Å². The number of rotatable bonds is 0. The maximum absolute atomic E-state index is 6.10. The van der Waals surface area contributed by atoms with E-state index in [0.717, 1.165) is 12.0 Å². The number of hydrogen-bond acceptors (Lipinski definition) is 2. The molecule has 2 N–H and O–H groups in total. The van der Waals surface area contributed by atoms with Gasteiger partial charge < -0.3 is 10.6 Å². The Hall–Kier alpha value is -0.0800. The zero-order valence-corrected chi connectivity index (χ0v) is 10.1.